The second-order valence-electron chi connectivity index (χ2n) is 5.44. The molecule has 2 rings (SSSR count). The standard InChI is InChI=1S/C15H23N3O2/c1-11-6-7-18(14(11)10-19)9-15(20)17-13-4-2-12(8-16)3-5-13/h2-5,11,14,19H,6-10,16H2,1H3,(H,17,20). The monoisotopic (exact) mass is 277 g/mol. The number of nitrogens with zero attached hydrogens (tertiary/aromatic N) is 1. The maximum atomic E-state index is 12.0. The van der Waals surface area contributed by atoms with Crippen molar-refractivity contribution in [1.82, 2.24) is 4.90 Å². The fourth-order valence-corrected chi connectivity index (χ4v) is 2.69. The molecule has 0 aromatic heterocycles. The highest BCUT2D eigenvalue weighted by Gasteiger charge is 2.31. The maximum Gasteiger partial charge on any atom is 0.238 e. The molecule has 5 nitrogen and oxygen atoms in total. The minimum atomic E-state index is -0.0435. The summed E-state index contributed by atoms with van der Waals surface area (Å²) in [5, 5.41) is 12.3. The Morgan fingerprint density at radius 3 is 2.75 bits per heavy atom. The number of benzene rings is 1. The number of hydrogen-bond acceptors (Lipinski definition) is 4. The zero-order chi connectivity index (χ0) is 14.5. The lowest BCUT2D eigenvalue weighted by atomic mass is 10.0. The van der Waals surface area contributed by atoms with Crippen LogP contribution in [0, 0.1) is 5.92 Å². The number of nitrogens with two attached hydrogens (primary N) is 1. The van der Waals surface area contributed by atoms with Crippen LogP contribution in [0.2, 0.25) is 0 Å². The first-order chi connectivity index (χ1) is 9.63. The van der Waals surface area contributed by atoms with E-state index in [1.807, 2.05) is 29.2 Å². The van der Waals surface area contributed by atoms with Crippen LogP contribution in [0.3, 0.4) is 0 Å². The molecule has 0 radical (unpaired) electrons. The molecular weight excluding hydrogens is 254 g/mol. The summed E-state index contributed by atoms with van der Waals surface area (Å²) in [5.41, 5.74) is 7.35. The lowest BCUT2D eigenvalue weighted by Gasteiger charge is -2.24. The topological polar surface area (TPSA) is 78.6 Å². The van der Waals surface area contributed by atoms with Crippen molar-refractivity contribution in [2.24, 2.45) is 11.7 Å². The number of anilines is 1. The highest BCUT2D eigenvalue weighted by Crippen LogP contribution is 2.23. The summed E-state index contributed by atoms with van der Waals surface area (Å²) in [6.07, 6.45) is 1.03. The van der Waals surface area contributed by atoms with Crippen molar-refractivity contribution in [3.05, 3.63) is 29.8 Å². The van der Waals surface area contributed by atoms with Gasteiger partial charge in [-0.05, 0) is 36.6 Å². The fourth-order valence-electron chi connectivity index (χ4n) is 2.69. The summed E-state index contributed by atoms with van der Waals surface area (Å²) in [4.78, 5) is 14.1. The number of likely N-dealkylation sites (tertiary alicyclic amines) is 1. The van der Waals surface area contributed by atoms with Crippen molar-refractivity contribution in [3.63, 3.8) is 0 Å². The van der Waals surface area contributed by atoms with Crippen LogP contribution in [0.1, 0.15) is 18.9 Å². The van der Waals surface area contributed by atoms with Gasteiger partial charge in [-0.1, -0.05) is 19.1 Å². The molecule has 5 heteroatoms. The predicted molar refractivity (Wildman–Crippen MR) is 79.2 cm³/mol. The summed E-state index contributed by atoms with van der Waals surface area (Å²) in [6, 6.07) is 7.63. The van der Waals surface area contributed by atoms with Gasteiger partial charge in [0.2, 0.25) is 5.91 Å². The molecular formula is C15H23N3O2. The van der Waals surface area contributed by atoms with Gasteiger partial charge in [-0.3, -0.25) is 9.69 Å². The molecule has 1 aromatic carbocycles. The highest BCUT2D eigenvalue weighted by molar-refractivity contribution is 5.92. The summed E-state index contributed by atoms with van der Waals surface area (Å²) in [7, 11) is 0. The molecule has 0 aliphatic carbocycles. The van der Waals surface area contributed by atoms with Crippen LogP contribution in [0.5, 0.6) is 0 Å². The number of rotatable bonds is 5. The van der Waals surface area contributed by atoms with Crippen LogP contribution in [-0.2, 0) is 11.3 Å². The van der Waals surface area contributed by atoms with E-state index in [9.17, 15) is 9.90 Å². The van der Waals surface area contributed by atoms with E-state index in [-0.39, 0.29) is 18.6 Å². The molecule has 2 unspecified atom stereocenters. The number of nitrogens with one attached hydrogen (secondary N) is 1. The Balaban J connectivity index is 1.88. The van der Waals surface area contributed by atoms with Gasteiger partial charge in [0.1, 0.15) is 0 Å². The molecule has 110 valence electrons. The van der Waals surface area contributed by atoms with Crippen molar-refractivity contribution < 1.29 is 9.90 Å². The second kappa shape index (κ2) is 6.83. The van der Waals surface area contributed by atoms with Gasteiger partial charge in [-0.25, -0.2) is 0 Å². The van der Waals surface area contributed by atoms with E-state index in [0.29, 0.717) is 19.0 Å². The molecule has 20 heavy (non-hydrogen) atoms. The third-order valence-corrected chi connectivity index (χ3v) is 4.00. The maximum absolute atomic E-state index is 12.0. The molecule has 1 heterocycles. The Labute approximate surface area is 119 Å². The van der Waals surface area contributed by atoms with Gasteiger partial charge >= 0.3 is 0 Å². The summed E-state index contributed by atoms with van der Waals surface area (Å²) in [5.74, 6) is 0.398. The summed E-state index contributed by atoms with van der Waals surface area (Å²) >= 11 is 0. The molecule has 1 aliphatic rings. The first-order valence-corrected chi connectivity index (χ1v) is 7.07. The van der Waals surface area contributed by atoms with Gasteiger partial charge in [0.05, 0.1) is 13.2 Å². The van der Waals surface area contributed by atoms with Crippen LogP contribution in [0.15, 0.2) is 24.3 Å². The Morgan fingerprint density at radius 1 is 1.45 bits per heavy atom. The largest absolute Gasteiger partial charge is 0.395 e. The van der Waals surface area contributed by atoms with E-state index in [4.69, 9.17) is 5.73 Å². The molecule has 1 saturated heterocycles. The Morgan fingerprint density at radius 2 is 2.15 bits per heavy atom. The normalized spacial score (nSPS) is 22.9. The van der Waals surface area contributed by atoms with Gasteiger partial charge in [0.15, 0.2) is 0 Å². The fraction of sp³-hybridized carbons (Fsp3) is 0.533. The van der Waals surface area contributed by atoms with E-state index >= 15 is 0 Å². The van der Waals surface area contributed by atoms with Crippen LogP contribution >= 0.6 is 0 Å². The van der Waals surface area contributed by atoms with E-state index in [2.05, 4.69) is 12.2 Å². The van der Waals surface area contributed by atoms with Gasteiger partial charge in [0.25, 0.3) is 0 Å². The number of aliphatic hydroxyl groups is 1. The van der Waals surface area contributed by atoms with E-state index < -0.39 is 0 Å². The molecule has 2 atom stereocenters. The molecule has 1 fully saturated rings. The van der Waals surface area contributed by atoms with E-state index in [1.165, 1.54) is 0 Å². The Bertz CT molecular complexity index is 447. The van der Waals surface area contributed by atoms with Gasteiger partial charge in [0, 0.05) is 18.3 Å². The van der Waals surface area contributed by atoms with Crippen LogP contribution in [0.25, 0.3) is 0 Å². The van der Waals surface area contributed by atoms with E-state index in [1.54, 1.807) is 0 Å². The smallest absolute Gasteiger partial charge is 0.238 e. The molecule has 0 spiro atoms. The zero-order valence-corrected chi connectivity index (χ0v) is 11.9. The van der Waals surface area contributed by atoms with Gasteiger partial charge in [-0.2, -0.15) is 0 Å². The lowest BCUT2D eigenvalue weighted by Crippen LogP contribution is -2.40. The van der Waals surface area contributed by atoms with Crippen molar-refractivity contribution >= 4 is 11.6 Å². The minimum absolute atomic E-state index is 0.0435. The SMILES string of the molecule is CC1CCN(CC(=O)Nc2ccc(CN)cc2)C1CO. The molecule has 1 aliphatic heterocycles. The van der Waals surface area contributed by atoms with Crippen molar-refractivity contribution in [2.75, 3.05) is 25.0 Å². The van der Waals surface area contributed by atoms with Crippen LogP contribution < -0.4 is 11.1 Å². The summed E-state index contributed by atoms with van der Waals surface area (Å²) < 4.78 is 0. The molecule has 4 N–H and O–H groups in total. The van der Waals surface area contributed by atoms with Crippen molar-refractivity contribution in [3.8, 4) is 0 Å². The molecule has 0 bridgehead atoms. The van der Waals surface area contributed by atoms with Crippen molar-refractivity contribution in [2.45, 2.75) is 25.9 Å². The third kappa shape index (κ3) is 3.56. The number of aliphatic hydroxyl groups excluding tert-OH is 1. The highest BCUT2D eigenvalue weighted by atomic mass is 16.3. The first kappa shape index (κ1) is 15.0. The molecule has 1 amide bonds. The quantitative estimate of drug-likeness (QED) is 0.743. The zero-order valence-electron chi connectivity index (χ0n) is 11.9. The third-order valence-electron chi connectivity index (χ3n) is 4.00. The lowest BCUT2D eigenvalue weighted by molar-refractivity contribution is -0.117. The summed E-state index contributed by atoms with van der Waals surface area (Å²) in [6.45, 7) is 3.92. The average molecular weight is 277 g/mol. The van der Waals surface area contributed by atoms with Gasteiger partial charge < -0.3 is 16.2 Å². The van der Waals surface area contributed by atoms with Crippen LogP contribution in [0.4, 0.5) is 5.69 Å². The number of hydrogen-bond donors (Lipinski definition) is 3. The van der Waals surface area contributed by atoms with Crippen LogP contribution in [-0.4, -0.2) is 41.7 Å². The average Bonchev–Trinajstić information content (AvgIpc) is 2.79. The second-order valence-corrected chi connectivity index (χ2v) is 5.44. The first-order valence-electron chi connectivity index (χ1n) is 7.07. The molecule has 1 aromatic rings. The predicted octanol–water partition coefficient (Wildman–Crippen LogP) is 0.786. The Hall–Kier alpha value is -1.43. The van der Waals surface area contributed by atoms with E-state index in [0.717, 1.165) is 24.2 Å². The number of amides is 1. The Kier molecular flexibility index (Phi) is 5.11. The van der Waals surface area contributed by atoms with Crippen molar-refractivity contribution in [1.29, 1.82) is 0 Å². The number of carbonyl (C=O) groups is 1. The minimum Gasteiger partial charge on any atom is -0.395 e. The number of carbonyl (C=O) groups excluding carboxylic acids is 1. The molecule has 0 saturated carbocycles. The van der Waals surface area contributed by atoms with Gasteiger partial charge in [-0.15, -0.1) is 0 Å².